The first kappa shape index (κ1) is 21.6. The lowest BCUT2D eigenvalue weighted by atomic mass is 10.2. The summed E-state index contributed by atoms with van der Waals surface area (Å²) in [6.07, 6.45) is 0.217. The highest BCUT2D eigenvalue weighted by atomic mass is 35.5. The molecule has 1 aliphatic heterocycles. The van der Waals surface area contributed by atoms with Gasteiger partial charge < -0.3 is 20.4 Å². The Labute approximate surface area is 181 Å². The van der Waals surface area contributed by atoms with E-state index < -0.39 is 0 Å². The molecule has 0 radical (unpaired) electrons. The van der Waals surface area contributed by atoms with Crippen molar-refractivity contribution in [1.82, 2.24) is 15.1 Å². The zero-order chi connectivity index (χ0) is 21.5. The van der Waals surface area contributed by atoms with Crippen LogP contribution in [0.5, 0.6) is 0 Å². The molecule has 0 aliphatic carbocycles. The molecule has 1 aliphatic rings. The van der Waals surface area contributed by atoms with Gasteiger partial charge in [0.2, 0.25) is 5.91 Å². The summed E-state index contributed by atoms with van der Waals surface area (Å²) in [5, 5.41) is 6.20. The number of carbonyl (C=O) groups is 3. The van der Waals surface area contributed by atoms with E-state index in [4.69, 9.17) is 11.6 Å². The van der Waals surface area contributed by atoms with Gasteiger partial charge in [-0.3, -0.25) is 9.59 Å². The molecule has 1 saturated heterocycles. The van der Waals surface area contributed by atoms with E-state index in [1.165, 1.54) is 0 Å². The minimum absolute atomic E-state index is 0.0369. The van der Waals surface area contributed by atoms with E-state index >= 15 is 0 Å². The monoisotopic (exact) mass is 428 g/mol. The minimum Gasteiger partial charge on any atom is -0.352 e. The van der Waals surface area contributed by atoms with Gasteiger partial charge in [0.15, 0.2) is 0 Å². The van der Waals surface area contributed by atoms with Crippen LogP contribution >= 0.6 is 11.6 Å². The van der Waals surface area contributed by atoms with Crippen LogP contribution in [0.3, 0.4) is 0 Å². The maximum absolute atomic E-state index is 12.4. The summed E-state index contributed by atoms with van der Waals surface area (Å²) in [5.74, 6) is -0.276. The van der Waals surface area contributed by atoms with Crippen molar-refractivity contribution in [2.75, 3.05) is 38.0 Å². The number of hydrogen-bond donors (Lipinski definition) is 2. The first-order chi connectivity index (χ1) is 14.4. The van der Waals surface area contributed by atoms with Crippen LogP contribution in [0.1, 0.15) is 22.3 Å². The van der Waals surface area contributed by atoms with Gasteiger partial charge in [-0.2, -0.15) is 0 Å². The third-order valence-corrected chi connectivity index (χ3v) is 5.17. The quantitative estimate of drug-likeness (QED) is 0.767. The van der Waals surface area contributed by atoms with Crippen LogP contribution in [0.2, 0.25) is 5.02 Å². The number of aryl methyl sites for hydroxylation is 1. The second kappa shape index (κ2) is 10.1. The van der Waals surface area contributed by atoms with Crippen molar-refractivity contribution in [3.05, 3.63) is 64.7 Å². The molecule has 2 N–H and O–H groups in total. The second-order valence-corrected chi connectivity index (χ2v) is 7.62. The highest BCUT2D eigenvalue weighted by molar-refractivity contribution is 6.30. The largest absolute Gasteiger partial charge is 0.352 e. The van der Waals surface area contributed by atoms with Crippen LogP contribution < -0.4 is 10.6 Å². The molecule has 0 atom stereocenters. The van der Waals surface area contributed by atoms with Crippen LogP contribution in [0.4, 0.5) is 10.5 Å². The Kier molecular flexibility index (Phi) is 7.30. The Morgan fingerprint density at radius 3 is 2.30 bits per heavy atom. The van der Waals surface area contributed by atoms with Gasteiger partial charge in [0.1, 0.15) is 0 Å². The normalized spacial score (nSPS) is 13.7. The number of carbonyl (C=O) groups excluding carboxylic acids is 3. The van der Waals surface area contributed by atoms with Crippen molar-refractivity contribution in [2.45, 2.75) is 13.3 Å². The van der Waals surface area contributed by atoms with E-state index in [-0.39, 0.29) is 30.8 Å². The zero-order valence-electron chi connectivity index (χ0n) is 16.9. The molecule has 3 rings (SSSR count). The van der Waals surface area contributed by atoms with Gasteiger partial charge in [-0.05, 0) is 48.9 Å². The van der Waals surface area contributed by atoms with E-state index in [0.717, 1.165) is 11.3 Å². The number of piperazine rings is 1. The van der Waals surface area contributed by atoms with E-state index in [2.05, 4.69) is 10.6 Å². The van der Waals surface area contributed by atoms with Gasteiger partial charge in [-0.25, -0.2) is 4.79 Å². The summed E-state index contributed by atoms with van der Waals surface area (Å²) in [7, 11) is 0. The molecule has 1 fully saturated rings. The smallest absolute Gasteiger partial charge is 0.321 e. The molecule has 7 nitrogen and oxygen atoms in total. The highest BCUT2D eigenvalue weighted by Crippen LogP contribution is 2.12. The lowest BCUT2D eigenvalue weighted by Crippen LogP contribution is -2.52. The Morgan fingerprint density at radius 2 is 1.63 bits per heavy atom. The number of urea groups is 1. The summed E-state index contributed by atoms with van der Waals surface area (Å²) in [6.45, 7) is 4.13. The Hall–Kier alpha value is -3.06. The first-order valence-corrected chi connectivity index (χ1v) is 10.2. The summed E-state index contributed by atoms with van der Waals surface area (Å²) in [4.78, 5) is 40.3. The SMILES string of the molecule is Cc1cccc(NC(=O)N2CCN(C(=O)CCNC(=O)c3ccc(Cl)cc3)CC2)c1. The predicted octanol–water partition coefficient (Wildman–Crippen LogP) is 3.14. The molecular weight excluding hydrogens is 404 g/mol. The lowest BCUT2D eigenvalue weighted by molar-refractivity contribution is -0.132. The molecule has 1 heterocycles. The van der Waals surface area contributed by atoms with Gasteiger partial charge in [0.05, 0.1) is 0 Å². The molecule has 158 valence electrons. The lowest BCUT2D eigenvalue weighted by Gasteiger charge is -2.34. The summed E-state index contributed by atoms with van der Waals surface area (Å²) in [5.41, 5.74) is 2.33. The minimum atomic E-state index is -0.239. The van der Waals surface area contributed by atoms with E-state index in [1.54, 1.807) is 34.1 Å². The van der Waals surface area contributed by atoms with Crippen molar-refractivity contribution in [3.8, 4) is 0 Å². The molecular formula is C22H25ClN4O3. The van der Waals surface area contributed by atoms with Crippen LogP contribution in [-0.2, 0) is 4.79 Å². The molecule has 0 spiro atoms. The number of benzene rings is 2. The number of hydrogen-bond acceptors (Lipinski definition) is 3. The average Bonchev–Trinajstić information content (AvgIpc) is 2.74. The topological polar surface area (TPSA) is 81.8 Å². The van der Waals surface area contributed by atoms with E-state index in [9.17, 15) is 14.4 Å². The highest BCUT2D eigenvalue weighted by Gasteiger charge is 2.24. The summed E-state index contributed by atoms with van der Waals surface area (Å²) < 4.78 is 0. The third kappa shape index (κ3) is 5.97. The van der Waals surface area contributed by atoms with E-state index in [0.29, 0.717) is 36.8 Å². The number of nitrogens with one attached hydrogen (secondary N) is 2. The number of rotatable bonds is 5. The Morgan fingerprint density at radius 1 is 0.967 bits per heavy atom. The molecule has 2 aromatic rings. The van der Waals surface area contributed by atoms with Gasteiger partial charge in [0, 0.05) is 55.4 Å². The van der Waals surface area contributed by atoms with Crippen molar-refractivity contribution in [1.29, 1.82) is 0 Å². The van der Waals surface area contributed by atoms with Crippen LogP contribution in [-0.4, -0.2) is 60.4 Å². The third-order valence-electron chi connectivity index (χ3n) is 4.92. The standard InChI is InChI=1S/C22H25ClN4O3/c1-16-3-2-4-19(15-16)25-22(30)27-13-11-26(12-14-27)20(28)9-10-24-21(29)17-5-7-18(23)8-6-17/h2-8,15H,9-14H2,1H3,(H,24,29)(H,25,30). The van der Waals surface area contributed by atoms with Crippen molar-refractivity contribution >= 4 is 35.1 Å². The molecule has 8 heteroatoms. The molecule has 0 bridgehead atoms. The molecule has 2 aromatic carbocycles. The van der Waals surface area contributed by atoms with Crippen LogP contribution in [0, 0.1) is 6.92 Å². The van der Waals surface area contributed by atoms with Gasteiger partial charge in [-0.15, -0.1) is 0 Å². The first-order valence-electron chi connectivity index (χ1n) is 9.86. The maximum atomic E-state index is 12.4. The zero-order valence-corrected chi connectivity index (χ0v) is 17.6. The Balaban J connectivity index is 1.39. The number of nitrogens with zero attached hydrogens (tertiary/aromatic N) is 2. The number of amides is 4. The van der Waals surface area contributed by atoms with Gasteiger partial charge in [0.25, 0.3) is 5.91 Å². The van der Waals surface area contributed by atoms with Crippen LogP contribution in [0.15, 0.2) is 48.5 Å². The van der Waals surface area contributed by atoms with Crippen molar-refractivity contribution in [2.24, 2.45) is 0 Å². The van der Waals surface area contributed by atoms with Crippen LogP contribution in [0.25, 0.3) is 0 Å². The molecule has 0 saturated carbocycles. The van der Waals surface area contributed by atoms with Gasteiger partial charge >= 0.3 is 6.03 Å². The fourth-order valence-electron chi connectivity index (χ4n) is 3.23. The molecule has 0 unspecified atom stereocenters. The number of halogens is 1. The maximum Gasteiger partial charge on any atom is 0.321 e. The molecule has 0 aromatic heterocycles. The molecule has 4 amide bonds. The molecule has 30 heavy (non-hydrogen) atoms. The number of anilines is 1. The van der Waals surface area contributed by atoms with Crippen molar-refractivity contribution in [3.63, 3.8) is 0 Å². The second-order valence-electron chi connectivity index (χ2n) is 7.18. The van der Waals surface area contributed by atoms with Crippen molar-refractivity contribution < 1.29 is 14.4 Å². The predicted molar refractivity (Wildman–Crippen MR) is 117 cm³/mol. The van der Waals surface area contributed by atoms with E-state index in [1.807, 2.05) is 31.2 Å². The fraction of sp³-hybridized carbons (Fsp3) is 0.318. The Bertz CT molecular complexity index is 909. The summed E-state index contributed by atoms with van der Waals surface area (Å²) >= 11 is 5.81. The average molecular weight is 429 g/mol. The fourth-order valence-corrected chi connectivity index (χ4v) is 3.35. The summed E-state index contributed by atoms with van der Waals surface area (Å²) in [6, 6.07) is 14.0. The van der Waals surface area contributed by atoms with Gasteiger partial charge in [-0.1, -0.05) is 23.7 Å².